The van der Waals surface area contributed by atoms with Crippen molar-refractivity contribution in [2.45, 2.75) is 0 Å². The summed E-state index contributed by atoms with van der Waals surface area (Å²) in [6, 6.07) is 85.0. The highest BCUT2D eigenvalue weighted by Gasteiger charge is 2.23. The van der Waals surface area contributed by atoms with E-state index in [4.69, 9.17) is 19.4 Å². The van der Waals surface area contributed by atoms with Crippen molar-refractivity contribution in [1.29, 1.82) is 0 Å². The highest BCUT2D eigenvalue weighted by molar-refractivity contribution is 6.12. The summed E-state index contributed by atoms with van der Waals surface area (Å²) in [5, 5.41) is 4.44. The van der Waals surface area contributed by atoms with E-state index in [0.29, 0.717) is 17.5 Å². The van der Waals surface area contributed by atoms with Gasteiger partial charge in [0.25, 0.3) is 0 Å². The second-order valence-electron chi connectivity index (χ2n) is 18.4. The number of hydrogen-bond donors (Lipinski definition) is 0. The van der Waals surface area contributed by atoms with Gasteiger partial charge < -0.3 is 8.98 Å². The van der Waals surface area contributed by atoms with Crippen LogP contribution in [0.25, 0.3) is 129 Å². The fraction of sp³-hybridized carbons (Fsp3) is 0. The van der Waals surface area contributed by atoms with Crippen molar-refractivity contribution in [3.8, 4) is 73.2 Å². The Hall–Kier alpha value is -9.97. The van der Waals surface area contributed by atoms with Crippen molar-refractivity contribution in [3.05, 3.63) is 279 Å². The van der Waals surface area contributed by atoms with Gasteiger partial charge in [0, 0.05) is 43.8 Å². The third-order valence-electron chi connectivity index (χ3n) is 13.9. The molecule has 5 heteroatoms. The monoisotopic (exact) mass is 946 g/mol. The Morgan fingerprint density at radius 3 is 1.64 bits per heavy atom. The van der Waals surface area contributed by atoms with Gasteiger partial charge in [-0.2, -0.15) is 0 Å². The molecule has 0 saturated heterocycles. The summed E-state index contributed by atoms with van der Waals surface area (Å²) >= 11 is 0. The molecule has 0 bridgehead atoms. The number of fused-ring (bicyclic) bond motifs is 6. The molecule has 0 fully saturated rings. The number of furan rings is 1. The van der Waals surface area contributed by atoms with Crippen LogP contribution in [0.2, 0.25) is 0 Å². The van der Waals surface area contributed by atoms with E-state index < -0.39 is 0 Å². The second-order valence-corrected chi connectivity index (χ2v) is 18.4. The number of rotatable bonds is 11. The average Bonchev–Trinajstić information content (AvgIpc) is 4.05. The molecule has 348 valence electrons. The smallest absolute Gasteiger partial charge is 0.164 e. The molecule has 3 heterocycles. The number of benzene rings is 10. The maximum Gasteiger partial charge on any atom is 0.164 e. The number of allylic oxidation sites excluding steroid dienone is 4. The lowest BCUT2D eigenvalue weighted by molar-refractivity contribution is 0.669. The topological polar surface area (TPSA) is 56.7 Å². The first kappa shape index (κ1) is 44.0. The zero-order valence-corrected chi connectivity index (χ0v) is 40.3. The molecule has 0 aliphatic heterocycles. The molecular weight excluding hydrogens is 901 g/mol. The second kappa shape index (κ2) is 19.0. The van der Waals surface area contributed by atoms with Crippen molar-refractivity contribution >= 4 is 55.4 Å². The molecule has 5 nitrogen and oxygen atoms in total. The van der Waals surface area contributed by atoms with E-state index in [2.05, 4.69) is 211 Å². The van der Waals surface area contributed by atoms with Gasteiger partial charge in [-0.15, -0.1) is 0 Å². The Labute approximate surface area is 429 Å². The van der Waals surface area contributed by atoms with Gasteiger partial charge in [0.2, 0.25) is 0 Å². The lowest BCUT2D eigenvalue weighted by atomic mass is 9.94. The summed E-state index contributed by atoms with van der Waals surface area (Å²) in [5.41, 5.74) is 17.1. The quantitative estimate of drug-likeness (QED) is 0.121. The van der Waals surface area contributed by atoms with E-state index in [1.807, 2.05) is 66.7 Å². The first-order valence-electron chi connectivity index (χ1n) is 24.9. The standard InChI is InChI=1S/C69H46N4O/c1-2-46(47-20-7-3-8-21-47)28-19-29-54-42-56(69-71-67(52-26-13-6-14-27-52)70-68(72-69)55-38-40-59-58-31-16-18-33-64(58)74-65(59)45-55)44-60(51-36-34-50(35-37-51)48-22-9-4-10-23-48)66(54)73-62-32-17-15-30-57(62)61-43-53(39-41-63(61)73)49-24-11-5-12-25-49/h2-45H,1H2/b29-19+,46-28+. The van der Waals surface area contributed by atoms with Gasteiger partial charge in [-0.1, -0.05) is 225 Å². The summed E-state index contributed by atoms with van der Waals surface area (Å²) in [4.78, 5) is 15.8. The molecule has 0 saturated carbocycles. The fourth-order valence-electron chi connectivity index (χ4n) is 10.3. The van der Waals surface area contributed by atoms with Crippen LogP contribution in [0.1, 0.15) is 11.1 Å². The van der Waals surface area contributed by atoms with Gasteiger partial charge in [-0.25, -0.2) is 15.0 Å². The molecule has 13 rings (SSSR count). The lowest BCUT2D eigenvalue weighted by Gasteiger charge is -2.20. The summed E-state index contributed by atoms with van der Waals surface area (Å²) in [7, 11) is 0. The van der Waals surface area contributed by atoms with E-state index in [1.165, 1.54) is 16.3 Å². The molecule has 0 amide bonds. The summed E-state index contributed by atoms with van der Waals surface area (Å²) in [6.07, 6.45) is 8.39. The molecule has 0 atom stereocenters. The van der Waals surface area contributed by atoms with Crippen LogP contribution in [-0.2, 0) is 0 Å². The van der Waals surface area contributed by atoms with Crippen molar-refractivity contribution in [3.63, 3.8) is 0 Å². The van der Waals surface area contributed by atoms with Crippen LogP contribution < -0.4 is 0 Å². The van der Waals surface area contributed by atoms with E-state index >= 15 is 0 Å². The normalized spacial score (nSPS) is 11.9. The lowest BCUT2D eigenvalue weighted by Crippen LogP contribution is -2.04. The molecule has 0 aliphatic rings. The first-order valence-corrected chi connectivity index (χ1v) is 24.9. The first-order chi connectivity index (χ1) is 36.6. The fourth-order valence-corrected chi connectivity index (χ4v) is 10.3. The predicted octanol–water partition coefficient (Wildman–Crippen LogP) is 18.2. The molecule has 0 radical (unpaired) electrons. The molecule has 74 heavy (non-hydrogen) atoms. The average molecular weight is 947 g/mol. The Morgan fingerprint density at radius 1 is 0.392 bits per heavy atom. The van der Waals surface area contributed by atoms with Crippen molar-refractivity contribution in [2.24, 2.45) is 0 Å². The van der Waals surface area contributed by atoms with Crippen molar-refractivity contribution in [1.82, 2.24) is 19.5 Å². The molecule has 0 N–H and O–H groups in total. The van der Waals surface area contributed by atoms with Crippen LogP contribution in [0.4, 0.5) is 0 Å². The van der Waals surface area contributed by atoms with Crippen molar-refractivity contribution in [2.75, 3.05) is 0 Å². The molecular formula is C69H46N4O. The minimum Gasteiger partial charge on any atom is -0.456 e. The SMILES string of the molecule is C=C/C(=C\C=C\c1cc(-c2nc(-c3ccccc3)nc(-c3ccc4c(c3)oc3ccccc34)n2)cc(-c2ccc(-c3ccccc3)cc2)c1-n1c2ccccc2c2cc(-c3ccccc3)ccc21)c1ccccc1. The van der Waals surface area contributed by atoms with Gasteiger partial charge in [0.05, 0.1) is 16.7 Å². The molecule has 10 aromatic carbocycles. The van der Waals surface area contributed by atoms with Crippen LogP contribution in [0.5, 0.6) is 0 Å². The van der Waals surface area contributed by atoms with Gasteiger partial charge in [0.1, 0.15) is 11.2 Å². The minimum atomic E-state index is 0.545. The molecule has 13 aromatic rings. The van der Waals surface area contributed by atoms with Crippen LogP contribution in [0.15, 0.2) is 272 Å². The number of nitrogens with zero attached hydrogens (tertiary/aromatic N) is 4. The van der Waals surface area contributed by atoms with Gasteiger partial charge >= 0.3 is 0 Å². The molecule has 0 unspecified atom stereocenters. The highest BCUT2D eigenvalue weighted by atomic mass is 16.3. The van der Waals surface area contributed by atoms with Gasteiger partial charge in [-0.05, 0) is 93.0 Å². The minimum absolute atomic E-state index is 0.545. The molecule has 0 spiro atoms. The maximum absolute atomic E-state index is 6.40. The number of hydrogen-bond acceptors (Lipinski definition) is 4. The number of aromatic nitrogens is 4. The van der Waals surface area contributed by atoms with E-state index in [-0.39, 0.29) is 0 Å². The molecule has 3 aromatic heterocycles. The van der Waals surface area contributed by atoms with Crippen molar-refractivity contribution < 1.29 is 4.42 Å². The predicted molar refractivity (Wildman–Crippen MR) is 308 cm³/mol. The van der Waals surface area contributed by atoms with Crippen LogP contribution in [-0.4, -0.2) is 19.5 Å². The van der Waals surface area contributed by atoms with Crippen LogP contribution in [0, 0.1) is 0 Å². The molecule has 0 aliphatic carbocycles. The number of para-hydroxylation sites is 2. The summed E-state index contributed by atoms with van der Waals surface area (Å²) in [5.74, 6) is 1.66. The summed E-state index contributed by atoms with van der Waals surface area (Å²) in [6.45, 7) is 4.21. The van der Waals surface area contributed by atoms with Gasteiger partial charge in [-0.3, -0.25) is 0 Å². The zero-order chi connectivity index (χ0) is 49.4. The Morgan fingerprint density at radius 2 is 0.919 bits per heavy atom. The largest absolute Gasteiger partial charge is 0.456 e. The van der Waals surface area contributed by atoms with Crippen LogP contribution >= 0.6 is 0 Å². The zero-order valence-electron chi connectivity index (χ0n) is 40.3. The Balaban J connectivity index is 1.09. The van der Waals surface area contributed by atoms with E-state index in [9.17, 15) is 0 Å². The Bertz CT molecular complexity index is 4290. The summed E-state index contributed by atoms with van der Waals surface area (Å²) < 4.78 is 8.84. The Kier molecular flexibility index (Phi) is 11.3. The maximum atomic E-state index is 6.40. The third-order valence-corrected chi connectivity index (χ3v) is 13.9. The third kappa shape index (κ3) is 8.18. The van der Waals surface area contributed by atoms with E-state index in [1.54, 1.807) is 0 Å². The highest BCUT2D eigenvalue weighted by Crippen LogP contribution is 2.43. The van der Waals surface area contributed by atoms with E-state index in [0.717, 1.165) is 99.9 Å². The van der Waals surface area contributed by atoms with Crippen LogP contribution in [0.3, 0.4) is 0 Å². The van der Waals surface area contributed by atoms with Gasteiger partial charge in [0.15, 0.2) is 17.5 Å².